The quantitative estimate of drug-likeness (QED) is 0.0169. The number of phosphoric ester groups is 2. The van der Waals surface area contributed by atoms with Crippen LogP contribution in [-0.2, 0) is 65.4 Å². The van der Waals surface area contributed by atoms with Crippen molar-refractivity contribution in [2.75, 3.05) is 39.6 Å². The molecule has 0 spiro atoms. The minimum Gasteiger partial charge on any atom is -0.462 e. The summed E-state index contributed by atoms with van der Waals surface area (Å²) < 4.78 is 68.7. The average molecular weight is 1500 g/mol. The van der Waals surface area contributed by atoms with Crippen LogP contribution in [0.3, 0.4) is 0 Å². The molecule has 0 aliphatic carbocycles. The minimum absolute atomic E-state index is 0.101. The SMILES string of the molecule is CCCCCC/C=C\C=C/CCCCCCCC(=O)OC[C@H](COP(=O)(O)OC[C@@H](O)COP(=O)(O)OC[C@@H](COC(=O)CCCCCCCCC(C)CC)OC(=O)CCCCCCCCCCCCCCCC(C)C)OC(=O)CCCCCCCCCCCCCCCCCCCCC(C)CC. The van der Waals surface area contributed by atoms with Crippen molar-refractivity contribution in [3.63, 3.8) is 0 Å². The molecule has 3 N–H and O–H groups in total. The number of aliphatic hydroxyl groups excluding tert-OH is 1. The third kappa shape index (κ3) is 74.8. The number of rotatable bonds is 80. The number of aliphatic hydroxyl groups is 1. The molecule has 0 aliphatic rings. The van der Waals surface area contributed by atoms with E-state index in [4.69, 9.17) is 37.0 Å². The average Bonchev–Trinajstić information content (AvgIpc) is 1.01. The van der Waals surface area contributed by atoms with E-state index in [-0.39, 0.29) is 25.7 Å². The van der Waals surface area contributed by atoms with E-state index in [2.05, 4.69) is 72.8 Å². The van der Waals surface area contributed by atoms with Crippen LogP contribution in [0, 0.1) is 17.8 Å². The lowest BCUT2D eigenvalue weighted by atomic mass is 9.99. The Kier molecular flexibility index (Phi) is 71.9. The first kappa shape index (κ1) is 101. The Hall–Kier alpha value is -2.46. The van der Waals surface area contributed by atoms with E-state index in [1.54, 1.807) is 0 Å². The summed E-state index contributed by atoms with van der Waals surface area (Å²) in [7, 11) is -9.94. The zero-order chi connectivity index (χ0) is 75.8. The molecule has 103 heavy (non-hydrogen) atoms. The van der Waals surface area contributed by atoms with Gasteiger partial charge in [-0.1, -0.05) is 362 Å². The van der Waals surface area contributed by atoms with Gasteiger partial charge in [-0.2, -0.15) is 0 Å². The molecule has 0 aromatic heterocycles. The first-order chi connectivity index (χ1) is 49.8. The highest BCUT2D eigenvalue weighted by Gasteiger charge is 2.30. The van der Waals surface area contributed by atoms with Gasteiger partial charge in [0.25, 0.3) is 0 Å². The normalized spacial score (nSPS) is 14.6. The van der Waals surface area contributed by atoms with Crippen LogP contribution in [0.2, 0.25) is 0 Å². The van der Waals surface area contributed by atoms with E-state index in [1.165, 1.54) is 199 Å². The molecule has 0 radical (unpaired) electrons. The van der Waals surface area contributed by atoms with Gasteiger partial charge in [-0.3, -0.25) is 37.3 Å². The number of hydrogen-bond donors (Lipinski definition) is 3. The van der Waals surface area contributed by atoms with Gasteiger partial charge in [0.1, 0.15) is 19.3 Å². The molecule has 0 heterocycles. The molecule has 608 valence electrons. The first-order valence-electron chi connectivity index (χ1n) is 42.7. The number of allylic oxidation sites excluding steroid dienone is 4. The molecular weight excluding hydrogens is 1340 g/mol. The maximum absolute atomic E-state index is 13.1. The highest BCUT2D eigenvalue weighted by Crippen LogP contribution is 2.45. The second-order valence-electron chi connectivity index (χ2n) is 30.5. The summed E-state index contributed by atoms with van der Waals surface area (Å²) in [5.41, 5.74) is 0. The van der Waals surface area contributed by atoms with Gasteiger partial charge in [0.15, 0.2) is 12.2 Å². The third-order valence-electron chi connectivity index (χ3n) is 19.7. The summed E-state index contributed by atoms with van der Waals surface area (Å²) >= 11 is 0. The van der Waals surface area contributed by atoms with Crippen molar-refractivity contribution in [3.8, 4) is 0 Å². The lowest BCUT2D eigenvalue weighted by molar-refractivity contribution is -0.161. The number of unbranched alkanes of at least 4 members (excludes halogenated alkanes) is 43. The smallest absolute Gasteiger partial charge is 0.462 e. The van der Waals surface area contributed by atoms with Gasteiger partial charge in [0.2, 0.25) is 0 Å². The van der Waals surface area contributed by atoms with Gasteiger partial charge in [0.05, 0.1) is 26.4 Å². The van der Waals surface area contributed by atoms with Crippen molar-refractivity contribution in [2.24, 2.45) is 17.8 Å². The topological polar surface area (TPSA) is 237 Å². The Labute approximate surface area is 631 Å². The molecule has 0 aromatic rings. The Balaban J connectivity index is 5.25. The van der Waals surface area contributed by atoms with E-state index in [1.807, 2.05) is 0 Å². The van der Waals surface area contributed by atoms with Crippen LogP contribution in [0.25, 0.3) is 0 Å². The van der Waals surface area contributed by atoms with Crippen LogP contribution in [-0.4, -0.2) is 96.7 Å². The monoisotopic (exact) mass is 1500 g/mol. The summed E-state index contributed by atoms with van der Waals surface area (Å²) in [5.74, 6) is 0.244. The Bertz CT molecular complexity index is 2090. The number of carbonyl (C=O) groups is 4. The number of hydrogen-bond acceptors (Lipinski definition) is 15. The van der Waals surface area contributed by atoms with Crippen LogP contribution in [0.15, 0.2) is 24.3 Å². The molecule has 7 atom stereocenters. The van der Waals surface area contributed by atoms with Crippen LogP contribution in [0.4, 0.5) is 0 Å². The van der Waals surface area contributed by atoms with Gasteiger partial charge >= 0.3 is 39.5 Å². The fourth-order valence-corrected chi connectivity index (χ4v) is 14.0. The third-order valence-corrected chi connectivity index (χ3v) is 21.6. The standard InChI is InChI=1S/C84H160O17P2/c1-8-11-12-13-14-15-16-17-22-28-33-38-43-51-58-65-81(86)94-71-79(100-83(88)67-60-53-44-39-34-29-24-21-19-18-20-23-27-32-37-42-49-56-63-76(6)9-2)73-98-102(90,91)96-69-78(85)70-97-103(92,93)99-74-80(72-95-82(87)66-59-52-47-46-50-57-64-77(7)10-3)101-84(89)68-61-54-45-40-35-30-25-26-31-36-41-48-55-62-75(4)5/h15-17,22,75-80,85H,8-14,18-21,23-74H2,1-7H3,(H,90,91)(H,92,93)/b16-15-,22-17-/t76?,77?,78-,79-,80-/m1/s1. The Morgan fingerprint density at radius 3 is 0.864 bits per heavy atom. The van der Waals surface area contributed by atoms with E-state index in [9.17, 15) is 43.2 Å². The summed E-state index contributed by atoms with van der Waals surface area (Å²) in [6, 6.07) is 0. The van der Waals surface area contributed by atoms with Gasteiger partial charge in [-0.25, -0.2) is 9.13 Å². The Morgan fingerprint density at radius 2 is 0.573 bits per heavy atom. The number of ether oxygens (including phenoxy) is 4. The highest BCUT2D eigenvalue weighted by molar-refractivity contribution is 7.47. The second kappa shape index (κ2) is 73.7. The van der Waals surface area contributed by atoms with Crippen molar-refractivity contribution in [1.29, 1.82) is 0 Å². The Morgan fingerprint density at radius 1 is 0.320 bits per heavy atom. The lowest BCUT2D eigenvalue weighted by Gasteiger charge is -2.21. The molecular formula is C84H160O17P2. The highest BCUT2D eigenvalue weighted by atomic mass is 31.2. The van der Waals surface area contributed by atoms with Crippen molar-refractivity contribution >= 4 is 39.5 Å². The molecule has 19 heteroatoms. The van der Waals surface area contributed by atoms with Crippen LogP contribution < -0.4 is 0 Å². The van der Waals surface area contributed by atoms with Crippen LogP contribution in [0.1, 0.15) is 414 Å². The number of carbonyl (C=O) groups excluding carboxylic acids is 4. The van der Waals surface area contributed by atoms with Crippen LogP contribution in [0.5, 0.6) is 0 Å². The van der Waals surface area contributed by atoms with E-state index < -0.39 is 97.5 Å². The number of esters is 4. The predicted molar refractivity (Wildman–Crippen MR) is 423 cm³/mol. The first-order valence-corrected chi connectivity index (χ1v) is 45.7. The van der Waals surface area contributed by atoms with Crippen molar-refractivity contribution in [2.45, 2.75) is 433 Å². The van der Waals surface area contributed by atoms with Gasteiger partial charge < -0.3 is 33.8 Å². The lowest BCUT2D eigenvalue weighted by Crippen LogP contribution is -2.30. The number of phosphoric acid groups is 2. The minimum atomic E-state index is -4.97. The molecule has 4 unspecified atom stereocenters. The molecule has 0 rings (SSSR count). The van der Waals surface area contributed by atoms with E-state index >= 15 is 0 Å². The molecule has 0 fully saturated rings. The van der Waals surface area contributed by atoms with Gasteiger partial charge in [0, 0.05) is 25.7 Å². The van der Waals surface area contributed by atoms with Crippen LogP contribution >= 0.6 is 15.6 Å². The van der Waals surface area contributed by atoms with Crippen molar-refractivity contribution in [3.05, 3.63) is 24.3 Å². The molecule has 0 aliphatic heterocycles. The predicted octanol–water partition coefficient (Wildman–Crippen LogP) is 24.9. The molecule has 0 saturated carbocycles. The van der Waals surface area contributed by atoms with Gasteiger partial charge in [-0.05, 0) is 69.1 Å². The zero-order valence-corrected chi connectivity index (χ0v) is 69.1. The fraction of sp³-hybridized carbons (Fsp3) is 0.905. The maximum Gasteiger partial charge on any atom is 0.472 e. The summed E-state index contributed by atoms with van der Waals surface area (Å²) in [4.78, 5) is 73.1. The molecule has 0 aromatic carbocycles. The molecule has 17 nitrogen and oxygen atoms in total. The van der Waals surface area contributed by atoms with E-state index in [0.717, 1.165) is 133 Å². The van der Waals surface area contributed by atoms with Gasteiger partial charge in [-0.15, -0.1) is 0 Å². The fourth-order valence-electron chi connectivity index (χ4n) is 12.4. The second-order valence-corrected chi connectivity index (χ2v) is 33.4. The van der Waals surface area contributed by atoms with Crippen molar-refractivity contribution < 1.29 is 80.2 Å². The maximum atomic E-state index is 13.1. The largest absolute Gasteiger partial charge is 0.472 e. The molecule has 0 amide bonds. The van der Waals surface area contributed by atoms with E-state index in [0.29, 0.717) is 25.7 Å². The summed E-state index contributed by atoms with van der Waals surface area (Å²) in [6.07, 6.45) is 66.1. The zero-order valence-electron chi connectivity index (χ0n) is 67.3. The molecule has 0 bridgehead atoms. The molecule has 0 saturated heterocycles. The summed E-state index contributed by atoms with van der Waals surface area (Å²) in [6.45, 7) is 11.9. The van der Waals surface area contributed by atoms with Crippen molar-refractivity contribution in [1.82, 2.24) is 0 Å². The summed E-state index contributed by atoms with van der Waals surface area (Å²) in [5, 5.41) is 10.7.